The van der Waals surface area contributed by atoms with Gasteiger partial charge >= 0.3 is 0 Å². The smallest absolute Gasteiger partial charge is 0.166 e. The average molecular weight is 395 g/mol. The van der Waals surface area contributed by atoms with Gasteiger partial charge in [-0.2, -0.15) is 0 Å². The number of phenolic OH excluding ortho intramolecular Hbond substituents is 1. The minimum atomic E-state index is -0.0400. The number of nitrogens with one attached hydrogen (secondary N) is 1. The molecule has 0 saturated carbocycles. The quantitative estimate of drug-likeness (QED) is 0.344. The van der Waals surface area contributed by atoms with Gasteiger partial charge in [0.2, 0.25) is 0 Å². The van der Waals surface area contributed by atoms with Gasteiger partial charge in [0.15, 0.2) is 5.78 Å². The Morgan fingerprint density at radius 1 is 1.07 bits per heavy atom. The van der Waals surface area contributed by atoms with Crippen molar-refractivity contribution in [1.29, 1.82) is 0 Å². The summed E-state index contributed by atoms with van der Waals surface area (Å²) < 4.78 is 11.6. The fourth-order valence-electron chi connectivity index (χ4n) is 3.24. The van der Waals surface area contributed by atoms with Crippen LogP contribution in [0.2, 0.25) is 0 Å². The van der Waals surface area contributed by atoms with Gasteiger partial charge in [-0.25, -0.2) is 0 Å². The number of aromatic hydroxyl groups is 1. The van der Waals surface area contributed by atoms with Crippen molar-refractivity contribution in [2.75, 3.05) is 13.2 Å². The Balaban J connectivity index is 1.44. The topological polar surface area (TPSA) is 71.5 Å². The summed E-state index contributed by atoms with van der Waals surface area (Å²) in [6.07, 6.45) is 4.03. The predicted octanol–water partition coefficient (Wildman–Crippen LogP) is 5.65. The molecule has 0 fully saturated rings. The Morgan fingerprint density at radius 2 is 1.83 bits per heavy atom. The van der Waals surface area contributed by atoms with Gasteiger partial charge in [-0.15, -0.1) is 0 Å². The summed E-state index contributed by atoms with van der Waals surface area (Å²) in [6.45, 7) is 6.89. The molecule has 1 heterocycles. The van der Waals surface area contributed by atoms with Crippen LogP contribution in [-0.2, 0) is 0 Å². The van der Waals surface area contributed by atoms with E-state index in [1.807, 2.05) is 44.3 Å². The van der Waals surface area contributed by atoms with Gasteiger partial charge in [-0.05, 0) is 61.4 Å². The summed E-state index contributed by atoms with van der Waals surface area (Å²) in [6, 6.07) is 11.5. The van der Waals surface area contributed by atoms with E-state index in [-0.39, 0.29) is 17.5 Å². The van der Waals surface area contributed by atoms with Crippen LogP contribution >= 0.6 is 0 Å². The SMILES string of the molecule is Cc1c(OCCCCOc2ccc3cc[nH]c3c2)ccc(C(=O)CC(C)C)c1O. The van der Waals surface area contributed by atoms with E-state index in [9.17, 15) is 9.90 Å². The molecule has 0 aliphatic rings. The van der Waals surface area contributed by atoms with Gasteiger partial charge in [0.25, 0.3) is 0 Å². The van der Waals surface area contributed by atoms with Gasteiger partial charge in [0, 0.05) is 29.8 Å². The van der Waals surface area contributed by atoms with Crippen molar-refractivity contribution in [3.05, 3.63) is 53.7 Å². The lowest BCUT2D eigenvalue weighted by molar-refractivity contribution is 0.0965. The molecule has 0 aliphatic heterocycles. The van der Waals surface area contributed by atoms with Crippen molar-refractivity contribution in [3.8, 4) is 17.2 Å². The third-order valence-corrected chi connectivity index (χ3v) is 4.87. The van der Waals surface area contributed by atoms with E-state index in [0.717, 1.165) is 24.1 Å². The van der Waals surface area contributed by atoms with Crippen LogP contribution < -0.4 is 9.47 Å². The Morgan fingerprint density at radius 3 is 2.59 bits per heavy atom. The number of rotatable bonds is 10. The van der Waals surface area contributed by atoms with Gasteiger partial charge < -0.3 is 19.6 Å². The fraction of sp³-hybridized carbons (Fsp3) is 0.375. The molecule has 0 spiro atoms. The molecule has 5 heteroatoms. The molecule has 3 aromatic rings. The van der Waals surface area contributed by atoms with Crippen molar-refractivity contribution < 1.29 is 19.4 Å². The Bertz CT molecular complexity index is 974. The summed E-state index contributed by atoms with van der Waals surface area (Å²) in [4.78, 5) is 15.4. The molecular formula is C24H29NO4. The minimum absolute atomic E-state index is 0.0243. The maximum absolute atomic E-state index is 12.2. The van der Waals surface area contributed by atoms with Crippen LogP contribution in [0.1, 0.15) is 49.0 Å². The number of aromatic amines is 1. The number of benzene rings is 2. The number of unbranched alkanes of at least 4 members (excludes halogenated alkanes) is 1. The molecule has 1 aromatic heterocycles. The number of ketones is 1. The standard InChI is InChI=1S/C24H29NO4/c1-16(2)14-22(26)20-8-9-23(17(3)24(20)27)29-13-5-4-12-28-19-7-6-18-10-11-25-21(18)15-19/h6-11,15-16,25,27H,4-5,12-14H2,1-3H3. The molecule has 3 rings (SSSR count). The average Bonchev–Trinajstić information content (AvgIpc) is 3.15. The van der Waals surface area contributed by atoms with E-state index in [1.165, 1.54) is 5.39 Å². The second kappa shape index (κ2) is 9.50. The number of hydrogen-bond acceptors (Lipinski definition) is 4. The number of ether oxygens (including phenoxy) is 2. The largest absolute Gasteiger partial charge is 0.507 e. The molecule has 0 amide bonds. The van der Waals surface area contributed by atoms with Crippen LogP contribution in [0, 0.1) is 12.8 Å². The van der Waals surface area contributed by atoms with Crippen molar-refractivity contribution in [3.63, 3.8) is 0 Å². The number of hydrogen-bond donors (Lipinski definition) is 2. The molecule has 29 heavy (non-hydrogen) atoms. The van der Waals surface area contributed by atoms with Crippen molar-refractivity contribution >= 4 is 16.7 Å². The number of fused-ring (bicyclic) bond motifs is 1. The van der Waals surface area contributed by atoms with E-state index in [2.05, 4.69) is 4.98 Å². The highest BCUT2D eigenvalue weighted by Crippen LogP contribution is 2.32. The molecular weight excluding hydrogens is 366 g/mol. The van der Waals surface area contributed by atoms with E-state index in [1.54, 1.807) is 19.1 Å². The van der Waals surface area contributed by atoms with Crippen LogP contribution in [-0.4, -0.2) is 29.1 Å². The number of aromatic nitrogens is 1. The monoisotopic (exact) mass is 395 g/mol. The van der Waals surface area contributed by atoms with Crippen LogP contribution in [0.15, 0.2) is 42.6 Å². The second-order valence-electron chi connectivity index (χ2n) is 7.74. The number of phenols is 1. The molecule has 5 nitrogen and oxygen atoms in total. The highest BCUT2D eigenvalue weighted by atomic mass is 16.5. The first-order valence-corrected chi connectivity index (χ1v) is 10.1. The van der Waals surface area contributed by atoms with Crippen molar-refractivity contribution in [2.45, 2.75) is 40.0 Å². The normalized spacial score (nSPS) is 11.2. The first-order chi connectivity index (χ1) is 14.0. The summed E-state index contributed by atoms with van der Waals surface area (Å²) in [5, 5.41) is 11.5. The zero-order chi connectivity index (χ0) is 20.8. The second-order valence-corrected chi connectivity index (χ2v) is 7.74. The first kappa shape index (κ1) is 20.8. The molecule has 0 radical (unpaired) electrons. The lowest BCUT2D eigenvalue weighted by Gasteiger charge is -2.13. The van der Waals surface area contributed by atoms with Gasteiger partial charge in [-0.1, -0.05) is 13.8 Å². The van der Waals surface area contributed by atoms with E-state index in [4.69, 9.17) is 9.47 Å². The third kappa shape index (κ3) is 5.31. The maximum Gasteiger partial charge on any atom is 0.166 e. The summed E-state index contributed by atoms with van der Waals surface area (Å²) in [5.41, 5.74) is 2.04. The molecule has 0 unspecified atom stereocenters. The zero-order valence-electron chi connectivity index (χ0n) is 17.3. The van der Waals surface area contributed by atoms with E-state index >= 15 is 0 Å². The van der Waals surface area contributed by atoms with Gasteiger partial charge in [-0.3, -0.25) is 4.79 Å². The Hall–Kier alpha value is -2.95. The summed E-state index contributed by atoms with van der Waals surface area (Å²) in [5.74, 6) is 1.70. The van der Waals surface area contributed by atoms with Crippen LogP contribution in [0.3, 0.4) is 0 Å². The first-order valence-electron chi connectivity index (χ1n) is 10.1. The zero-order valence-corrected chi connectivity index (χ0v) is 17.3. The van der Waals surface area contributed by atoms with Crippen LogP contribution in [0.5, 0.6) is 17.2 Å². The van der Waals surface area contributed by atoms with Gasteiger partial charge in [0.1, 0.15) is 17.2 Å². The Kier molecular flexibility index (Phi) is 6.81. The molecule has 0 atom stereocenters. The van der Waals surface area contributed by atoms with Gasteiger partial charge in [0.05, 0.1) is 18.8 Å². The fourth-order valence-corrected chi connectivity index (χ4v) is 3.24. The van der Waals surface area contributed by atoms with Crippen LogP contribution in [0.25, 0.3) is 10.9 Å². The van der Waals surface area contributed by atoms with E-state index in [0.29, 0.717) is 36.5 Å². The molecule has 2 aromatic carbocycles. The number of H-pyrrole nitrogens is 1. The number of Topliss-reactive ketones (excluding diaryl/α,β-unsaturated/α-hetero) is 1. The van der Waals surface area contributed by atoms with Crippen molar-refractivity contribution in [2.24, 2.45) is 5.92 Å². The molecule has 2 N–H and O–H groups in total. The molecule has 0 aliphatic carbocycles. The molecule has 154 valence electrons. The number of carbonyl (C=O) groups is 1. The summed E-state index contributed by atoms with van der Waals surface area (Å²) in [7, 11) is 0. The van der Waals surface area contributed by atoms with Crippen molar-refractivity contribution in [1.82, 2.24) is 4.98 Å². The van der Waals surface area contributed by atoms with E-state index < -0.39 is 0 Å². The lowest BCUT2D eigenvalue weighted by atomic mass is 9.98. The predicted molar refractivity (Wildman–Crippen MR) is 115 cm³/mol. The molecule has 0 bridgehead atoms. The van der Waals surface area contributed by atoms with Crippen LogP contribution in [0.4, 0.5) is 0 Å². The molecule has 0 saturated heterocycles. The third-order valence-electron chi connectivity index (χ3n) is 4.87. The maximum atomic E-state index is 12.2. The lowest BCUT2D eigenvalue weighted by Crippen LogP contribution is -2.06. The summed E-state index contributed by atoms with van der Waals surface area (Å²) >= 11 is 0. The Labute approximate surface area is 171 Å². The highest BCUT2D eigenvalue weighted by Gasteiger charge is 2.17. The minimum Gasteiger partial charge on any atom is -0.507 e. The highest BCUT2D eigenvalue weighted by molar-refractivity contribution is 5.99. The number of carbonyl (C=O) groups excluding carboxylic acids is 1.